The van der Waals surface area contributed by atoms with Gasteiger partial charge in [0.15, 0.2) is 0 Å². The largest absolute Gasteiger partial charge is 0.398 e. The molecule has 0 amide bonds. The first-order chi connectivity index (χ1) is 5.73. The molecule has 0 saturated heterocycles. The third kappa shape index (κ3) is 3.51. The van der Waals surface area contributed by atoms with Crippen molar-refractivity contribution in [1.29, 1.82) is 0 Å². The molecule has 8 heteroatoms. The molecule has 0 spiro atoms. The molecule has 0 aromatic carbocycles. The van der Waals surface area contributed by atoms with E-state index in [9.17, 15) is 14.2 Å². The van der Waals surface area contributed by atoms with E-state index in [4.69, 9.17) is 15.3 Å². The smallest absolute Gasteiger partial charge is 0.368 e. The van der Waals surface area contributed by atoms with Crippen LogP contribution in [0, 0.1) is 0 Å². The molecule has 0 radical (unpaired) electrons. The van der Waals surface area contributed by atoms with E-state index in [-0.39, 0.29) is 12.8 Å². The molecular formula is C5H12NO6P. The molecule has 0 fully saturated rings. The fourth-order valence-electron chi connectivity index (χ4n) is 0.811. The van der Waals surface area contributed by atoms with Crippen molar-refractivity contribution in [3.63, 3.8) is 0 Å². The average molecular weight is 213 g/mol. The standard InChI is InChI=1S/C5H12NO6P/c1-2-3-4(7,5(8,9)10)6-13(11)12/h7-10H,2-3H2,1H3,(H,6,11,12). The first kappa shape index (κ1) is 12.7. The van der Waals surface area contributed by atoms with Gasteiger partial charge in [-0.1, -0.05) is 13.3 Å². The molecule has 0 aromatic rings. The Morgan fingerprint density at radius 3 is 1.92 bits per heavy atom. The van der Waals surface area contributed by atoms with E-state index in [2.05, 4.69) is 0 Å². The molecule has 0 aliphatic rings. The first-order valence-corrected chi connectivity index (χ1v) is 4.72. The van der Waals surface area contributed by atoms with Crippen molar-refractivity contribution in [3.05, 3.63) is 0 Å². The Hall–Kier alpha value is -0.300. The van der Waals surface area contributed by atoms with Gasteiger partial charge in [-0.2, -0.15) is 5.09 Å². The van der Waals surface area contributed by atoms with Crippen molar-refractivity contribution in [2.75, 3.05) is 0 Å². The van der Waals surface area contributed by atoms with Crippen LogP contribution in [0.3, 0.4) is 0 Å². The summed E-state index contributed by atoms with van der Waals surface area (Å²) < 4.78 is 20.3. The molecule has 0 rings (SSSR count). The van der Waals surface area contributed by atoms with Gasteiger partial charge in [-0.25, -0.2) is 9.13 Å². The molecule has 0 aliphatic heterocycles. The normalized spacial score (nSPS) is 16.7. The summed E-state index contributed by atoms with van der Waals surface area (Å²) >= 11 is 0. The van der Waals surface area contributed by atoms with Crippen molar-refractivity contribution in [2.24, 2.45) is 0 Å². The minimum Gasteiger partial charge on any atom is -0.368 e. The van der Waals surface area contributed by atoms with Crippen LogP contribution in [0.1, 0.15) is 19.8 Å². The molecule has 1 atom stereocenters. The summed E-state index contributed by atoms with van der Waals surface area (Å²) in [5, 5.41) is 36.7. The SMILES string of the molecule is CCCC(O)(NP(=O)=O)C(O)(O)O. The summed E-state index contributed by atoms with van der Waals surface area (Å²) in [6.45, 7) is 1.57. The minimum absolute atomic E-state index is 0.246. The quantitative estimate of drug-likeness (QED) is 0.286. The van der Waals surface area contributed by atoms with Crippen LogP contribution in [0.4, 0.5) is 0 Å². The number of aliphatic hydroxyl groups is 4. The lowest BCUT2D eigenvalue weighted by Crippen LogP contribution is -2.60. The summed E-state index contributed by atoms with van der Waals surface area (Å²) in [7, 11) is -3.24. The lowest BCUT2D eigenvalue weighted by Gasteiger charge is -2.33. The zero-order valence-electron chi connectivity index (χ0n) is 6.97. The summed E-state index contributed by atoms with van der Waals surface area (Å²) in [6.07, 6.45) is -0.0874. The van der Waals surface area contributed by atoms with Gasteiger partial charge in [0.25, 0.3) is 0 Å². The highest BCUT2D eigenvalue weighted by Gasteiger charge is 2.48. The second-order valence-electron chi connectivity index (χ2n) is 2.61. The lowest BCUT2D eigenvalue weighted by atomic mass is 10.1. The van der Waals surface area contributed by atoms with Crippen LogP contribution in [0.15, 0.2) is 0 Å². The molecule has 5 N–H and O–H groups in total. The van der Waals surface area contributed by atoms with Gasteiger partial charge in [-0.15, -0.1) is 0 Å². The second kappa shape index (κ2) is 4.28. The molecule has 1 unspecified atom stereocenters. The fourth-order valence-corrected chi connectivity index (χ4v) is 1.38. The van der Waals surface area contributed by atoms with Crippen LogP contribution in [-0.2, 0) is 9.13 Å². The maximum atomic E-state index is 10.2. The van der Waals surface area contributed by atoms with E-state index in [1.807, 2.05) is 0 Å². The summed E-state index contributed by atoms with van der Waals surface area (Å²) in [5.74, 6) is -3.50. The third-order valence-corrected chi connectivity index (χ3v) is 2.00. The van der Waals surface area contributed by atoms with Gasteiger partial charge in [0.1, 0.15) is 0 Å². The third-order valence-electron chi connectivity index (χ3n) is 1.44. The molecule has 0 heterocycles. The summed E-state index contributed by atoms with van der Waals surface area (Å²) in [6, 6.07) is 0. The van der Waals surface area contributed by atoms with Gasteiger partial charge >= 0.3 is 13.8 Å². The van der Waals surface area contributed by atoms with E-state index >= 15 is 0 Å². The van der Waals surface area contributed by atoms with E-state index in [1.54, 1.807) is 6.92 Å². The number of rotatable bonds is 5. The first-order valence-electron chi connectivity index (χ1n) is 3.54. The summed E-state index contributed by atoms with van der Waals surface area (Å²) in [5.41, 5.74) is -2.67. The van der Waals surface area contributed by atoms with Crippen molar-refractivity contribution < 1.29 is 29.6 Å². The van der Waals surface area contributed by atoms with Crippen molar-refractivity contribution in [1.82, 2.24) is 5.09 Å². The molecule has 0 bridgehead atoms. The van der Waals surface area contributed by atoms with Crippen molar-refractivity contribution in [3.8, 4) is 0 Å². The van der Waals surface area contributed by atoms with E-state index in [0.717, 1.165) is 0 Å². The maximum Gasteiger partial charge on any atom is 0.398 e. The zero-order valence-corrected chi connectivity index (χ0v) is 7.86. The number of nitrogens with one attached hydrogen (secondary N) is 1. The van der Waals surface area contributed by atoms with Crippen LogP contribution in [0.25, 0.3) is 0 Å². The molecular weight excluding hydrogens is 201 g/mol. The predicted molar refractivity (Wildman–Crippen MR) is 40.7 cm³/mol. The van der Waals surface area contributed by atoms with Crippen LogP contribution < -0.4 is 5.09 Å². The van der Waals surface area contributed by atoms with Crippen molar-refractivity contribution in [2.45, 2.75) is 31.5 Å². The van der Waals surface area contributed by atoms with E-state index in [1.165, 1.54) is 5.09 Å². The van der Waals surface area contributed by atoms with Gasteiger partial charge in [0.2, 0.25) is 5.72 Å². The van der Waals surface area contributed by atoms with Crippen LogP contribution in [-0.4, -0.2) is 32.1 Å². The van der Waals surface area contributed by atoms with Crippen LogP contribution in [0.5, 0.6) is 0 Å². The van der Waals surface area contributed by atoms with E-state index in [0.29, 0.717) is 0 Å². The van der Waals surface area contributed by atoms with Gasteiger partial charge in [0.05, 0.1) is 0 Å². The second-order valence-corrected chi connectivity index (χ2v) is 3.35. The lowest BCUT2D eigenvalue weighted by molar-refractivity contribution is -0.395. The predicted octanol–water partition coefficient (Wildman–Crippen LogP) is -1.22. The molecule has 7 nitrogen and oxygen atoms in total. The molecule has 78 valence electrons. The highest BCUT2D eigenvalue weighted by molar-refractivity contribution is 7.28. The van der Waals surface area contributed by atoms with Crippen LogP contribution >= 0.6 is 7.83 Å². The highest BCUT2D eigenvalue weighted by Crippen LogP contribution is 2.23. The Morgan fingerprint density at radius 2 is 1.69 bits per heavy atom. The summed E-state index contributed by atoms with van der Waals surface area (Å²) in [4.78, 5) is 0. The molecule has 0 aliphatic carbocycles. The fraction of sp³-hybridized carbons (Fsp3) is 1.00. The van der Waals surface area contributed by atoms with Gasteiger partial charge in [0, 0.05) is 0 Å². The minimum atomic E-state index is -3.50. The topological polar surface area (TPSA) is 127 Å². The molecule has 0 aromatic heterocycles. The number of hydrogen-bond donors (Lipinski definition) is 5. The molecule has 0 saturated carbocycles. The van der Waals surface area contributed by atoms with Gasteiger partial charge < -0.3 is 20.4 Å². The van der Waals surface area contributed by atoms with Gasteiger partial charge in [-0.05, 0) is 6.42 Å². The number of hydrogen-bond acceptors (Lipinski definition) is 6. The Labute approximate surface area is 74.9 Å². The Bertz CT molecular complexity index is 226. The highest BCUT2D eigenvalue weighted by atomic mass is 31.1. The Morgan fingerprint density at radius 1 is 1.23 bits per heavy atom. The van der Waals surface area contributed by atoms with Gasteiger partial charge in [-0.3, -0.25) is 0 Å². The Kier molecular flexibility index (Phi) is 4.18. The zero-order chi connectivity index (χ0) is 10.7. The van der Waals surface area contributed by atoms with E-state index < -0.39 is 19.5 Å². The maximum absolute atomic E-state index is 10.2. The van der Waals surface area contributed by atoms with Crippen LogP contribution in [0.2, 0.25) is 0 Å². The monoisotopic (exact) mass is 213 g/mol. The van der Waals surface area contributed by atoms with Crippen molar-refractivity contribution >= 4 is 7.83 Å². The average Bonchev–Trinajstić information content (AvgIpc) is 1.82. The Balaban J connectivity index is 4.72. The molecule has 13 heavy (non-hydrogen) atoms.